The zero-order valence-electron chi connectivity index (χ0n) is 27.1. The van der Waals surface area contributed by atoms with E-state index in [1.165, 1.54) is 30.3 Å². The van der Waals surface area contributed by atoms with Crippen LogP contribution >= 0.6 is 0 Å². The third-order valence-electron chi connectivity index (χ3n) is 6.99. The van der Waals surface area contributed by atoms with E-state index in [0.717, 1.165) is 16.6 Å². The average molecular weight is 675 g/mol. The van der Waals surface area contributed by atoms with E-state index in [0.29, 0.717) is 53.4 Å². The minimum Gasteiger partial charge on any atom is -0.475 e. The number of nitrogens with zero attached hydrogens (tertiary/aromatic N) is 7. The molecule has 0 atom stereocenters. The van der Waals surface area contributed by atoms with Crippen LogP contribution in [0, 0.1) is 20.2 Å². The van der Waals surface area contributed by atoms with E-state index in [1.807, 2.05) is 6.07 Å². The first-order valence-electron chi connectivity index (χ1n) is 14.7. The van der Waals surface area contributed by atoms with Gasteiger partial charge in [0.15, 0.2) is 0 Å². The molecule has 2 N–H and O–H groups in total. The summed E-state index contributed by atoms with van der Waals surface area (Å²) in [7, 11) is 6.72. The number of aliphatic hydroxyl groups excluding tert-OH is 1. The van der Waals surface area contributed by atoms with Crippen LogP contribution in [0.5, 0.6) is 5.88 Å². The number of non-ortho nitro benzene ring substituents is 2. The zero-order chi connectivity index (χ0) is 35.5. The Balaban J connectivity index is 0.000000197. The van der Waals surface area contributed by atoms with Crippen molar-refractivity contribution in [3.05, 3.63) is 104 Å². The van der Waals surface area contributed by atoms with E-state index in [4.69, 9.17) is 14.6 Å². The second-order valence-electron chi connectivity index (χ2n) is 10.2. The standard InChI is InChI=1S/C16H16N4O4.C13H10N4O3.C3H8O2/c1-19-14-5-4-12(20(21)22)9-13(14)16(18-19)11-3-6-15(17-10-11)24-8-7-23-2;1-16-11-4-3-9(17(19)20)6-10(11)13(15-16)8-2-5-12(18)14-7-8;1-5-3-2-4/h3-6,9-10H,7-8H2,1-2H3;2-7H,1H3,(H,14,18);4H,2-3H2,1H3. The van der Waals surface area contributed by atoms with Crippen LogP contribution in [-0.4, -0.2) is 85.1 Å². The minimum absolute atomic E-state index is 0.0103. The third-order valence-corrected chi connectivity index (χ3v) is 6.99. The van der Waals surface area contributed by atoms with Gasteiger partial charge >= 0.3 is 0 Å². The van der Waals surface area contributed by atoms with Crippen molar-refractivity contribution < 1.29 is 29.2 Å². The molecule has 4 heterocycles. The Labute approximate surface area is 278 Å². The number of aryl methyl sites for hydroxylation is 2. The fraction of sp³-hybridized carbons (Fsp3) is 0.250. The lowest BCUT2D eigenvalue weighted by Gasteiger charge is -2.04. The first-order chi connectivity index (χ1) is 23.6. The number of aromatic amines is 1. The summed E-state index contributed by atoms with van der Waals surface area (Å²) in [5, 5.41) is 40.0. The number of aromatic nitrogens is 6. The number of fused-ring (bicyclic) bond motifs is 2. The second kappa shape index (κ2) is 16.7. The Morgan fingerprint density at radius 3 is 1.76 bits per heavy atom. The predicted molar refractivity (Wildman–Crippen MR) is 180 cm³/mol. The number of aliphatic hydroxyl groups is 1. The molecule has 17 nitrogen and oxygen atoms in total. The van der Waals surface area contributed by atoms with Gasteiger partial charge in [0.25, 0.3) is 11.4 Å². The van der Waals surface area contributed by atoms with Gasteiger partial charge in [0.2, 0.25) is 11.4 Å². The Bertz CT molecular complexity index is 2080. The van der Waals surface area contributed by atoms with Crippen molar-refractivity contribution in [1.82, 2.24) is 29.5 Å². The minimum atomic E-state index is -0.441. The number of nitrogens with one attached hydrogen (secondary N) is 1. The third kappa shape index (κ3) is 8.86. The monoisotopic (exact) mass is 674 g/mol. The molecule has 2 aromatic carbocycles. The van der Waals surface area contributed by atoms with E-state index < -0.39 is 9.85 Å². The first-order valence-corrected chi connectivity index (χ1v) is 14.7. The van der Waals surface area contributed by atoms with Crippen molar-refractivity contribution in [2.24, 2.45) is 14.1 Å². The molecule has 0 amide bonds. The van der Waals surface area contributed by atoms with E-state index >= 15 is 0 Å². The van der Waals surface area contributed by atoms with E-state index in [1.54, 1.807) is 74.3 Å². The molecule has 0 saturated heterocycles. The van der Waals surface area contributed by atoms with Gasteiger partial charge in [-0.25, -0.2) is 4.98 Å². The van der Waals surface area contributed by atoms with E-state index in [9.17, 15) is 25.0 Å². The zero-order valence-corrected chi connectivity index (χ0v) is 27.1. The maximum atomic E-state index is 11.1. The van der Waals surface area contributed by atoms with Gasteiger partial charge in [-0.15, -0.1) is 0 Å². The van der Waals surface area contributed by atoms with Crippen LogP contribution < -0.4 is 10.3 Å². The number of H-pyrrole nitrogens is 1. The van der Waals surface area contributed by atoms with Crippen LogP contribution in [0.4, 0.5) is 11.4 Å². The number of nitro groups is 2. The Kier molecular flexibility index (Phi) is 12.2. The highest BCUT2D eigenvalue weighted by Crippen LogP contribution is 2.31. The quantitative estimate of drug-likeness (QED) is 0.120. The molecule has 0 unspecified atom stereocenters. The molecular weight excluding hydrogens is 640 g/mol. The Hall–Kier alpha value is -6.04. The van der Waals surface area contributed by atoms with Crippen LogP contribution in [0.2, 0.25) is 0 Å². The average Bonchev–Trinajstić information content (AvgIpc) is 3.61. The summed E-state index contributed by atoms with van der Waals surface area (Å²) in [6.45, 7) is 1.47. The highest BCUT2D eigenvalue weighted by Gasteiger charge is 2.16. The molecule has 0 aliphatic rings. The van der Waals surface area contributed by atoms with Crippen molar-refractivity contribution in [2.75, 3.05) is 40.6 Å². The molecule has 0 bridgehead atoms. The summed E-state index contributed by atoms with van der Waals surface area (Å²) in [5.74, 6) is 0.488. The van der Waals surface area contributed by atoms with E-state index in [2.05, 4.69) is 24.9 Å². The van der Waals surface area contributed by atoms with Gasteiger partial charge in [-0.3, -0.25) is 34.4 Å². The summed E-state index contributed by atoms with van der Waals surface area (Å²) in [4.78, 5) is 38.9. The summed E-state index contributed by atoms with van der Waals surface area (Å²) in [5.41, 5.74) is 4.15. The van der Waals surface area contributed by atoms with Crippen molar-refractivity contribution in [1.29, 1.82) is 0 Å². The molecule has 0 fully saturated rings. The number of benzene rings is 2. The van der Waals surface area contributed by atoms with Crippen molar-refractivity contribution >= 4 is 33.2 Å². The maximum absolute atomic E-state index is 11.1. The topological polar surface area (TPSA) is 216 Å². The number of hydrogen-bond donors (Lipinski definition) is 2. The molecule has 17 heteroatoms. The SMILES string of the molecule is COCCO.COCCOc1ccc(-c2nn(C)c3ccc([N+](=O)[O-])cc23)cn1.Cn1nc(-c2ccc(=O)[nH]c2)c2cc([N+](=O)[O-])ccc21. The highest BCUT2D eigenvalue weighted by molar-refractivity contribution is 5.95. The highest BCUT2D eigenvalue weighted by atomic mass is 16.6. The smallest absolute Gasteiger partial charge is 0.270 e. The van der Waals surface area contributed by atoms with Crippen LogP contribution in [0.15, 0.2) is 77.9 Å². The molecule has 0 radical (unpaired) electrons. The first kappa shape index (κ1) is 35.8. The van der Waals surface area contributed by atoms with Gasteiger partial charge in [0.05, 0.1) is 40.7 Å². The van der Waals surface area contributed by atoms with Crippen LogP contribution in [0.25, 0.3) is 44.3 Å². The molecule has 0 aliphatic heterocycles. The number of hydrogen-bond acceptors (Lipinski definition) is 12. The van der Waals surface area contributed by atoms with Gasteiger partial charge < -0.3 is 24.3 Å². The van der Waals surface area contributed by atoms with Crippen molar-refractivity contribution in [3.8, 4) is 28.4 Å². The molecular formula is C32H34N8O9. The molecule has 6 aromatic rings. The Morgan fingerprint density at radius 2 is 1.33 bits per heavy atom. The van der Waals surface area contributed by atoms with Crippen LogP contribution in [0.3, 0.4) is 0 Å². The summed E-state index contributed by atoms with van der Waals surface area (Å²) in [6, 6.07) is 15.9. The Morgan fingerprint density at radius 1 is 0.776 bits per heavy atom. The van der Waals surface area contributed by atoms with Crippen LogP contribution in [0.1, 0.15) is 0 Å². The largest absolute Gasteiger partial charge is 0.475 e. The summed E-state index contributed by atoms with van der Waals surface area (Å²) in [6.07, 6.45) is 3.19. The molecule has 0 aliphatic carbocycles. The van der Waals surface area contributed by atoms with Crippen LogP contribution in [-0.2, 0) is 23.6 Å². The van der Waals surface area contributed by atoms with Crippen molar-refractivity contribution in [2.45, 2.75) is 0 Å². The maximum Gasteiger partial charge on any atom is 0.270 e. The predicted octanol–water partition coefficient (Wildman–Crippen LogP) is 4.03. The molecule has 0 spiro atoms. The molecule has 4 aromatic heterocycles. The lowest BCUT2D eigenvalue weighted by molar-refractivity contribution is -0.384. The fourth-order valence-electron chi connectivity index (χ4n) is 4.65. The summed E-state index contributed by atoms with van der Waals surface area (Å²) < 4.78 is 18.1. The number of pyridine rings is 2. The lowest BCUT2D eigenvalue weighted by Crippen LogP contribution is -2.05. The van der Waals surface area contributed by atoms with Gasteiger partial charge in [-0.2, -0.15) is 10.2 Å². The lowest BCUT2D eigenvalue weighted by atomic mass is 10.1. The molecule has 49 heavy (non-hydrogen) atoms. The molecule has 0 saturated carbocycles. The summed E-state index contributed by atoms with van der Waals surface area (Å²) >= 11 is 0. The van der Waals surface area contributed by atoms with Crippen molar-refractivity contribution in [3.63, 3.8) is 0 Å². The van der Waals surface area contributed by atoms with Gasteiger partial charge in [0.1, 0.15) is 18.0 Å². The van der Waals surface area contributed by atoms with E-state index in [-0.39, 0.29) is 23.5 Å². The second-order valence-corrected chi connectivity index (χ2v) is 10.2. The number of ether oxygens (including phenoxy) is 3. The number of nitro benzene ring substituents is 2. The number of methoxy groups -OCH3 is 2. The number of rotatable bonds is 10. The van der Waals surface area contributed by atoms with Gasteiger partial charge in [-0.05, 0) is 24.3 Å². The molecule has 256 valence electrons. The van der Waals surface area contributed by atoms with Gasteiger partial charge in [0, 0.05) is 99.0 Å². The fourth-order valence-corrected chi connectivity index (χ4v) is 4.65. The molecule has 6 rings (SSSR count). The normalized spacial score (nSPS) is 10.6. The van der Waals surface area contributed by atoms with Gasteiger partial charge in [-0.1, -0.05) is 0 Å².